The molecule has 0 bridgehead atoms. The van der Waals surface area contributed by atoms with Crippen LogP contribution in [-0.4, -0.2) is 55.4 Å². The van der Waals surface area contributed by atoms with E-state index in [2.05, 4.69) is 44.8 Å². The van der Waals surface area contributed by atoms with Crippen molar-refractivity contribution in [1.29, 1.82) is 0 Å². The second kappa shape index (κ2) is 10.4. The van der Waals surface area contributed by atoms with Crippen LogP contribution in [0.4, 0.5) is 0 Å². The van der Waals surface area contributed by atoms with Gasteiger partial charge in [0.15, 0.2) is 5.96 Å². The summed E-state index contributed by atoms with van der Waals surface area (Å²) in [4.78, 5) is 7.09. The van der Waals surface area contributed by atoms with Crippen molar-refractivity contribution in [1.82, 2.24) is 15.5 Å². The number of hydrogen-bond acceptors (Lipinski definition) is 5. The predicted molar refractivity (Wildman–Crippen MR) is 114 cm³/mol. The molecule has 1 aromatic carbocycles. The lowest BCUT2D eigenvalue weighted by atomic mass is 10.0. The van der Waals surface area contributed by atoms with Crippen molar-refractivity contribution in [2.75, 3.05) is 39.4 Å². The summed E-state index contributed by atoms with van der Waals surface area (Å²) < 4.78 is 10.8. The van der Waals surface area contributed by atoms with Crippen LogP contribution in [0.2, 0.25) is 0 Å². The fourth-order valence-corrected chi connectivity index (χ4v) is 3.28. The van der Waals surface area contributed by atoms with E-state index in [1.54, 1.807) is 25.3 Å². The number of hydrogen-bond donors (Lipinski definition) is 3. The number of nitrogens with one attached hydrogen (secondary N) is 2. The van der Waals surface area contributed by atoms with Crippen molar-refractivity contribution in [2.45, 2.75) is 32.5 Å². The highest BCUT2D eigenvalue weighted by atomic mass is 16.5. The average Bonchev–Trinajstić information content (AvgIpc) is 3.27. The highest BCUT2D eigenvalue weighted by molar-refractivity contribution is 5.79. The molecule has 2 aromatic rings. The molecule has 0 spiro atoms. The smallest absolute Gasteiger partial charge is 0.191 e. The van der Waals surface area contributed by atoms with Crippen LogP contribution in [0.3, 0.4) is 0 Å². The third kappa shape index (κ3) is 6.59. The molecular formula is C22H32N4O3. The number of guanidine groups is 1. The van der Waals surface area contributed by atoms with E-state index in [0.29, 0.717) is 24.8 Å². The minimum Gasteiger partial charge on any atom is -0.466 e. The molecule has 1 unspecified atom stereocenters. The second-order valence-corrected chi connectivity index (χ2v) is 7.51. The Morgan fingerprint density at radius 3 is 2.69 bits per heavy atom. The van der Waals surface area contributed by atoms with Gasteiger partial charge in [-0.15, -0.1) is 0 Å². The van der Waals surface area contributed by atoms with Crippen molar-refractivity contribution in [3.05, 3.63) is 59.5 Å². The van der Waals surface area contributed by atoms with Crippen LogP contribution in [0.15, 0.2) is 52.1 Å². The zero-order valence-electron chi connectivity index (χ0n) is 17.4. The third-order valence-corrected chi connectivity index (χ3v) is 4.92. The zero-order valence-corrected chi connectivity index (χ0v) is 17.4. The van der Waals surface area contributed by atoms with E-state index in [-0.39, 0.29) is 0 Å². The maximum absolute atomic E-state index is 10.6. The van der Waals surface area contributed by atoms with Crippen LogP contribution >= 0.6 is 0 Å². The van der Waals surface area contributed by atoms with Crippen LogP contribution in [0.1, 0.15) is 30.7 Å². The molecule has 1 aliphatic rings. The quantitative estimate of drug-likeness (QED) is 0.465. The molecule has 0 amide bonds. The standard InChI is InChI=1S/C22H32N4O3/c1-3-23-21(25-17-22(2,27)20-8-5-11-29-20)24-15-18-6-4-7-19(14-18)16-26-9-12-28-13-10-26/h4-8,11,14,27H,3,9-10,12-13,15-17H2,1-2H3,(H2,23,24,25). The molecule has 158 valence electrons. The number of ether oxygens (including phenoxy) is 1. The van der Waals surface area contributed by atoms with E-state index in [1.165, 1.54) is 5.56 Å². The Bertz CT molecular complexity index is 768. The van der Waals surface area contributed by atoms with Gasteiger partial charge in [-0.2, -0.15) is 0 Å². The second-order valence-electron chi connectivity index (χ2n) is 7.51. The van der Waals surface area contributed by atoms with Crippen molar-refractivity contribution < 1.29 is 14.3 Å². The summed E-state index contributed by atoms with van der Waals surface area (Å²) >= 11 is 0. The van der Waals surface area contributed by atoms with E-state index in [1.807, 2.05) is 6.92 Å². The minimum absolute atomic E-state index is 0.295. The fourth-order valence-electron chi connectivity index (χ4n) is 3.28. The molecule has 1 aliphatic heterocycles. The van der Waals surface area contributed by atoms with Gasteiger partial charge in [-0.1, -0.05) is 24.3 Å². The maximum atomic E-state index is 10.6. The lowest BCUT2D eigenvalue weighted by Gasteiger charge is -2.26. The summed E-state index contributed by atoms with van der Waals surface area (Å²) in [6, 6.07) is 12.1. The van der Waals surface area contributed by atoms with E-state index in [4.69, 9.17) is 9.15 Å². The first-order valence-corrected chi connectivity index (χ1v) is 10.2. The van der Waals surface area contributed by atoms with E-state index in [9.17, 15) is 5.11 Å². The third-order valence-electron chi connectivity index (χ3n) is 4.92. The minimum atomic E-state index is -1.11. The number of aliphatic imine (C=N–C) groups is 1. The first-order valence-electron chi connectivity index (χ1n) is 10.2. The van der Waals surface area contributed by atoms with Gasteiger partial charge < -0.3 is 24.9 Å². The molecule has 7 nitrogen and oxygen atoms in total. The molecule has 2 heterocycles. The van der Waals surface area contributed by atoms with Gasteiger partial charge in [-0.3, -0.25) is 4.90 Å². The molecule has 1 aromatic heterocycles. The van der Waals surface area contributed by atoms with Crippen molar-refractivity contribution >= 4 is 5.96 Å². The van der Waals surface area contributed by atoms with Crippen LogP contribution in [0, 0.1) is 0 Å². The van der Waals surface area contributed by atoms with Crippen LogP contribution in [-0.2, 0) is 23.4 Å². The van der Waals surface area contributed by atoms with E-state index in [0.717, 1.165) is 45.0 Å². The summed E-state index contributed by atoms with van der Waals surface area (Å²) in [5.41, 5.74) is 1.33. The fraction of sp³-hybridized carbons (Fsp3) is 0.500. The van der Waals surface area contributed by atoms with E-state index < -0.39 is 5.60 Å². The molecule has 29 heavy (non-hydrogen) atoms. The van der Waals surface area contributed by atoms with Gasteiger partial charge in [-0.25, -0.2) is 4.99 Å². The lowest BCUT2D eigenvalue weighted by Crippen LogP contribution is -2.44. The van der Waals surface area contributed by atoms with Gasteiger partial charge in [0.1, 0.15) is 11.4 Å². The van der Waals surface area contributed by atoms with Crippen LogP contribution in [0.25, 0.3) is 0 Å². The van der Waals surface area contributed by atoms with Crippen LogP contribution in [0.5, 0.6) is 0 Å². The monoisotopic (exact) mass is 400 g/mol. The number of nitrogens with zero attached hydrogens (tertiary/aromatic N) is 2. The highest BCUT2D eigenvalue weighted by Crippen LogP contribution is 2.19. The first kappa shape index (κ1) is 21.4. The lowest BCUT2D eigenvalue weighted by molar-refractivity contribution is 0.0342. The molecular weight excluding hydrogens is 368 g/mol. The van der Waals surface area contributed by atoms with Crippen molar-refractivity contribution in [3.63, 3.8) is 0 Å². The van der Waals surface area contributed by atoms with Gasteiger partial charge in [0, 0.05) is 26.2 Å². The number of furan rings is 1. The van der Waals surface area contributed by atoms with Gasteiger partial charge in [-0.05, 0) is 37.1 Å². The Balaban J connectivity index is 1.58. The highest BCUT2D eigenvalue weighted by Gasteiger charge is 2.26. The van der Waals surface area contributed by atoms with Crippen molar-refractivity contribution in [2.24, 2.45) is 4.99 Å². The summed E-state index contributed by atoms with van der Waals surface area (Å²) in [6.07, 6.45) is 1.56. The predicted octanol–water partition coefficient (Wildman–Crippen LogP) is 2.07. The molecule has 3 N–H and O–H groups in total. The molecule has 1 fully saturated rings. The summed E-state index contributed by atoms with van der Waals surface area (Å²) in [5, 5.41) is 17.0. The van der Waals surface area contributed by atoms with Gasteiger partial charge in [0.2, 0.25) is 0 Å². The Labute approximate surface area is 172 Å². The normalized spacial score (nSPS) is 17.7. The molecule has 0 saturated carbocycles. The maximum Gasteiger partial charge on any atom is 0.191 e. The zero-order chi connectivity index (χ0) is 20.5. The summed E-state index contributed by atoms with van der Waals surface area (Å²) in [5.74, 6) is 1.19. The van der Waals surface area contributed by atoms with Gasteiger partial charge in [0.25, 0.3) is 0 Å². The van der Waals surface area contributed by atoms with Gasteiger partial charge in [0.05, 0.1) is 32.6 Å². The first-order chi connectivity index (χ1) is 14.1. The van der Waals surface area contributed by atoms with Gasteiger partial charge >= 0.3 is 0 Å². The topological polar surface area (TPSA) is 82.3 Å². The van der Waals surface area contributed by atoms with Crippen LogP contribution < -0.4 is 10.6 Å². The molecule has 1 saturated heterocycles. The SMILES string of the molecule is CCNC(=NCc1cccc(CN2CCOCC2)c1)NCC(C)(O)c1ccco1. The molecule has 7 heteroatoms. The Morgan fingerprint density at radius 2 is 1.97 bits per heavy atom. The Hall–Kier alpha value is -2.35. The van der Waals surface area contributed by atoms with E-state index >= 15 is 0 Å². The summed E-state index contributed by atoms with van der Waals surface area (Å²) in [7, 11) is 0. The largest absolute Gasteiger partial charge is 0.466 e. The molecule has 3 rings (SSSR count). The Morgan fingerprint density at radius 1 is 1.17 bits per heavy atom. The average molecular weight is 401 g/mol. The molecule has 0 radical (unpaired) electrons. The van der Waals surface area contributed by atoms with Crippen molar-refractivity contribution in [3.8, 4) is 0 Å². The summed E-state index contributed by atoms with van der Waals surface area (Å²) in [6.45, 7) is 9.85. The number of rotatable bonds is 8. The molecule has 0 aliphatic carbocycles. The number of benzene rings is 1. The number of morpholine rings is 1. The number of aliphatic hydroxyl groups is 1. The Kier molecular flexibility index (Phi) is 7.69. The molecule has 1 atom stereocenters.